The van der Waals surface area contributed by atoms with Gasteiger partial charge in [0.2, 0.25) is 15.9 Å². The second-order valence-corrected chi connectivity index (χ2v) is 12.8. The minimum Gasteiger partial charge on any atom is -0.434 e. The van der Waals surface area contributed by atoms with Crippen molar-refractivity contribution in [1.29, 1.82) is 0 Å². The summed E-state index contributed by atoms with van der Waals surface area (Å²) in [7, 11) is -3.46. The van der Waals surface area contributed by atoms with Crippen molar-refractivity contribution in [2.45, 2.75) is 50.4 Å². The fourth-order valence-corrected chi connectivity index (χ4v) is 6.36. The molecule has 3 amide bonds. The number of carbonyl (C=O) groups is 3. The molecule has 0 bridgehead atoms. The number of benzene rings is 2. The van der Waals surface area contributed by atoms with Crippen molar-refractivity contribution in [2.24, 2.45) is 5.73 Å². The van der Waals surface area contributed by atoms with Crippen LogP contribution in [0.5, 0.6) is 0 Å². The van der Waals surface area contributed by atoms with Crippen molar-refractivity contribution < 1.29 is 32.3 Å². The number of nitrogens with zero attached hydrogens (tertiary/aromatic N) is 2. The molecule has 4 rings (SSSR count). The summed E-state index contributed by atoms with van der Waals surface area (Å²) in [5.74, 6) is -1.02. The molecule has 2 aliphatic heterocycles. The van der Waals surface area contributed by atoms with Gasteiger partial charge < -0.3 is 25.4 Å². The Morgan fingerprint density at radius 1 is 1.05 bits per heavy atom. The van der Waals surface area contributed by atoms with E-state index >= 15 is 0 Å². The van der Waals surface area contributed by atoms with Crippen molar-refractivity contribution in [2.75, 3.05) is 36.8 Å². The van der Waals surface area contributed by atoms with Crippen molar-refractivity contribution in [3.05, 3.63) is 65.7 Å². The van der Waals surface area contributed by atoms with Crippen LogP contribution in [0.4, 0.5) is 10.5 Å². The predicted octanol–water partition coefficient (Wildman–Crippen LogP) is 1.90. The first kappa shape index (κ1) is 29.3. The van der Waals surface area contributed by atoms with E-state index in [1.54, 1.807) is 4.90 Å². The summed E-state index contributed by atoms with van der Waals surface area (Å²) in [5, 5.41) is 2.67. The summed E-state index contributed by atoms with van der Waals surface area (Å²) >= 11 is 0. The second-order valence-electron chi connectivity index (χ2n) is 10.9. The monoisotopic (exact) mass is 572 g/mol. The maximum atomic E-state index is 13.7. The number of rotatable bonds is 9. The van der Waals surface area contributed by atoms with E-state index in [9.17, 15) is 22.8 Å². The summed E-state index contributed by atoms with van der Waals surface area (Å²) in [6, 6.07) is 15.9. The highest BCUT2D eigenvalue weighted by Crippen LogP contribution is 2.47. The van der Waals surface area contributed by atoms with E-state index in [1.165, 1.54) is 24.4 Å². The zero-order valence-electron chi connectivity index (χ0n) is 23.0. The van der Waals surface area contributed by atoms with Crippen LogP contribution in [0.1, 0.15) is 37.8 Å². The van der Waals surface area contributed by atoms with Crippen LogP contribution in [0.2, 0.25) is 0 Å². The average Bonchev–Trinajstić information content (AvgIpc) is 3.22. The van der Waals surface area contributed by atoms with Gasteiger partial charge in [0, 0.05) is 25.0 Å². The van der Waals surface area contributed by atoms with Gasteiger partial charge >= 0.3 is 6.09 Å². The first-order valence-electron chi connectivity index (χ1n) is 13.1. The van der Waals surface area contributed by atoms with Gasteiger partial charge in [-0.1, -0.05) is 48.5 Å². The van der Waals surface area contributed by atoms with Gasteiger partial charge in [-0.25, -0.2) is 13.2 Å². The topological polar surface area (TPSA) is 148 Å². The highest BCUT2D eigenvalue weighted by molar-refractivity contribution is 7.92. The van der Waals surface area contributed by atoms with Crippen LogP contribution in [-0.2, 0) is 41.1 Å². The summed E-state index contributed by atoms with van der Waals surface area (Å²) in [6.45, 7) is 3.98. The van der Waals surface area contributed by atoms with Crippen molar-refractivity contribution in [3.8, 4) is 0 Å². The zero-order valence-corrected chi connectivity index (χ0v) is 23.8. The maximum Gasteiger partial charge on any atom is 0.405 e. The van der Waals surface area contributed by atoms with E-state index in [-0.39, 0.29) is 19.1 Å². The van der Waals surface area contributed by atoms with Gasteiger partial charge in [-0.3, -0.25) is 13.9 Å². The standard InChI is InChI=1S/C28H36N4O7S/c1-27(2,39-26(29)35)25(34)30-22(18-38-17-20-9-5-4-6-10-20)24(33)31-15-13-28(14-16-31)19-32(40(3,36)37)23-12-8-7-11-21(23)28/h4-12,22H,13-19H2,1-3H3,(H2,29,35)(H,30,34). The maximum absolute atomic E-state index is 13.7. The molecular formula is C28H36N4O7S. The van der Waals surface area contributed by atoms with Crippen LogP contribution in [0.25, 0.3) is 0 Å². The zero-order chi connectivity index (χ0) is 29.1. The lowest BCUT2D eigenvalue weighted by atomic mass is 9.74. The quantitative estimate of drug-likeness (QED) is 0.466. The minimum absolute atomic E-state index is 0.0988. The molecular weight excluding hydrogens is 536 g/mol. The molecule has 216 valence electrons. The third-order valence-corrected chi connectivity index (χ3v) is 8.65. The number of hydrogen-bond donors (Lipinski definition) is 2. The Kier molecular flexibility index (Phi) is 8.41. The third kappa shape index (κ3) is 6.39. The summed E-state index contributed by atoms with van der Waals surface area (Å²) in [5.41, 5.74) is 5.67. The van der Waals surface area contributed by atoms with Crippen molar-refractivity contribution in [1.82, 2.24) is 10.2 Å². The Morgan fingerprint density at radius 2 is 1.68 bits per heavy atom. The summed E-state index contributed by atoms with van der Waals surface area (Å²) in [4.78, 5) is 39.6. The molecule has 0 aliphatic carbocycles. The normalized spacial score (nSPS) is 17.3. The SMILES string of the molecule is CC(C)(OC(N)=O)C(=O)NC(COCc1ccccc1)C(=O)N1CCC2(CC1)CN(S(C)(=O)=O)c1ccccc12. The highest BCUT2D eigenvalue weighted by Gasteiger charge is 2.48. The molecule has 2 heterocycles. The number of carbonyl (C=O) groups excluding carboxylic acids is 3. The van der Waals surface area contributed by atoms with Gasteiger partial charge in [0.05, 0.1) is 25.2 Å². The number of para-hydroxylation sites is 1. The van der Waals surface area contributed by atoms with Crippen LogP contribution >= 0.6 is 0 Å². The minimum atomic E-state index is -3.46. The molecule has 2 aromatic rings. The van der Waals surface area contributed by atoms with Crippen molar-refractivity contribution in [3.63, 3.8) is 0 Å². The van der Waals surface area contributed by atoms with E-state index in [2.05, 4.69) is 5.32 Å². The van der Waals surface area contributed by atoms with Crippen LogP contribution in [0.15, 0.2) is 54.6 Å². The third-order valence-electron chi connectivity index (χ3n) is 7.52. The number of piperidine rings is 1. The van der Waals surface area contributed by atoms with E-state index in [0.717, 1.165) is 11.1 Å². The molecule has 0 aromatic heterocycles. The molecule has 1 saturated heterocycles. The van der Waals surface area contributed by atoms with Gasteiger partial charge in [0.25, 0.3) is 5.91 Å². The summed E-state index contributed by atoms with van der Waals surface area (Å²) in [6.07, 6.45) is 1.21. The van der Waals surface area contributed by atoms with Gasteiger partial charge in [0.15, 0.2) is 5.60 Å². The first-order valence-corrected chi connectivity index (χ1v) is 14.9. The molecule has 1 fully saturated rings. The number of sulfonamides is 1. The van der Waals surface area contributed by atoms with E-state index in [4.69, 9.17) is 15.2 Å². The smallest absolute Gasteiger partial charge is 0.405 e. The number of amides is 3. The largest absolute Gasteiger partial charge is 0.434 e. The summed E-state index contributed by atoms with van der Waals surface area (Å²) < 4.78 is 37.2. The number of ether oxygens (including phenoxy) is 2. The molecule has 1 atom stereocenters. The fraction of sp³-hybridized carbons (Fsp3) is 0.464. The molecule has 12 heteroatoms. The molecule has 40 heavy (non-hydrogen) atoms. The number of fused-ring (bicyclic) bond motifs is 2. The van der Waals surface area contributed by atoms with Gasteiger partial charge in [0.1, 0.15) is 6.04 Å². The van der Waals surface area contributed by atoms with E-state index in [1.807, 2.05) is 54.6 Å². The van der Waals surface area contributed by atoms with Gasteiger partial charge in [-0.05, 0) is 43.9 Å². The van der Waals surface area contributed by atoms with Gasteiger partial charge in [-0.15, -0.1) is 0 Å². The molecule has 0 radical (unpaired) electrons. The average molecular weight is 573 g/mol. The van der Waals surface area contributed by atoms with Gasteiger partial charge in [-0.2, -0.15) is 0 Å². The lowest BCUT2D eigenvalue weighted by Crippen LogP contribution is -2.58. The second kappa shape index (κ2) is 11.5. The number of hydrogen-bond acceptors (Lipinski definition) is 7. The van der Waals surface area contributed by atoms with Crippen LogP contribution in [0, 0.1) is 0 Å². The Morgan fingerprint density at radius 3 is 2.30 bits per heavy atom. The Bertz CT molecular complexity index is 1360. The fourth-order valence-electron chi connectivity index (χ4n) is 5.36. The van der Waals surface area contributed by atoms with Crippen LogP contribution in [0.3, 0.4) is 0 Å². The molecule has 2 aromatic carbocycles. The molecule has 3 N–H and O–H groups in total. The Balaban J connectivity index is 1.48. The number of anilines is 1. The molecule has 1 unspecified atom stereocenters. The van der Waals surface area contributed by atoms with E-state index in [0.29, 0.717) is 38.2 Å². The highest BCUT2D eigenvalue weighted by atomic mass is 32.2. The van der Waals surface area contributed by atoms with Crippen molar-refractivity contribution >= 4 is 33.6 Å². The Labute approximate surface area is 234 Å². The molecule has 0 saturated carbocycles. The lowest BCUT2D eigenvalue weighted by molar-refractivity contribution is -0.145. The molecule has 1 spiro atoms. The number of likely N-dealkylation sites (tertiary alicyclic amines) is 1. The number of nitrogens with one attached hydrogen (secondary N) is 1. The number of nitrogens with two attached hydrogens (primary N) is 1. The van der Waals surface area contributed by atoms with E-state index < -0.39 is 39.1 Å². The molecule has 11 nitrogen and oxygen atoms in total. The lowest BCUT2D eigenvalue weighted by Gasteiger charge is -2.41. The molecule has 2 aliphatic rings. The predicted molar refractivity (Wildman–Crippen MR) is 149 cm³/mol. The van der Waals surface area contributed by atoms with Crippen LogP contribution in [-0.4, -0.2) is 75.4 Å². The Hall–Kier alpha value is -3.64. The first-order chi connectivity index (χ1) is 18.8. The number of primary amides is 1. The van der Waals surface area contributed by atoms with Crippen LogP contribution < -0.4 is 15.4 Å².